The van der Waals surface area contributed by atoms with Crippen molar-refractivity contribution >= 4 is 51.5 Å². The smallest absolute Gasteiger partial charge is 0.290 e. The van der Waals surface area contributed by atoms with Gasteiger partial charge in [-0.05, 0) is 36.0 Å². The van der Waals surface area contributed by atoms with Crippen LogP contribution in [0.3, 0.4) is 0 Å². The van der Waals surface area contributed by atoms with Crippen LogP contribution in [-0.4, -0.2) is 21.6 Å². The molecule has 1 aromatic heterocycles. The van der Waals surface area contributed by atoms with E-state index < -0.39 is 5.91 Å². The fourth-order valence-corrected chi connectivity index (χ4v) is 3.63. The lowest BCUT2D eigenvalue weighted by Gasteiger charge is -2.07. The number of aromatic nitrogens is 1. The Morgan fingerprint density at radius 3 is 2.56 bits per heavy atom. The van der Waals surface area contributed by atoms with E-state index in [0.29, 0.717) is 4.91 Å². The molecule has 3 amide bonds. The van der Waals surface area contributed by atoms with E-state index in [-0.39, 0.29) is 17.7 Å². The molecule has 7 heteroatoms. The number of nitrogens with one attached hydrogen (secondary N) is 2. The third-order valence-corrected chi connectivity index (χ3v) is 4.93. The largest absolute Gasteiger partial charge is 0.337 e. The SMILES string of the molecule is O=C(Cn1cc(C=C2SC(=O)NC2=O)c2ccccc21)Nc1ccccc1. The molecule has 0 bridgehead atoms. The summed E-state index contributed by atoms with van der Waals surface area (Å²) >= 11 is 0.875. The van der Waals surface area contributed by atoms with Gasteiger partial charge in [-0.2, -0.15) is 0 Å². The second kappa shape index (κ2) is 7.13. The van der Waals surface area contributed by atoms with Gasteiger partial charge in [0.15, 0.2) is 0 Å². The number of carbonyl (C=O) groups is 3. The van der Waals surface area contributed by atoms with Gasteiger partial charge in [-0.1, -0.05) is 36.4 Å². The molecule has 0 spiro atoms. The molecule has 0 saturated carbocycles. The van der Waals surface area contributed by atoms with Crippen molar-refractivity contribution in [3.8, 4) is 0 Å². The average molecular weight is 377 g/mol. The number of thioether (sulfide) groups is 1. The van der Waals surface area contributed by atoms with Crippen LogP contribution in [0.25, 0.3) is 17.0 Å². The van der Waals surface area contributed by atoms with Crippen LogP contribution < -0.4 is 10.6 Å². The summed E-state index contributed by atoms with van der Waals surface area (Å²) in [6.07, 6.45) is 3.50. The highest BCUT2D eigenvalue weighted by atomic mass is 32.2. The van der Waals surface area contributed by atoms with Crippen molar-refractivity contribution < 1.29 is 14.4 Å². The summed E-state index contributed by atoms with van der Waals surface area (Å²) < 4.78 is 1.83. The average Bonchev–Trinajstić information content (AvgIpc) is 3.16. The zero-order chi connectivity index (χ0) is 18.8. The number of benzene rings is 2. The fourth-order valence-electron chi connectivity index (χ4n) is 2.96. The molecule has 2 aromatic carbocycles. The summed E-state index contributed by atoms with van der Waals surface area (Å²) in [5.74, 6) is -0.548. The molecule has 0 aliphatic carbocycles. The lowest BCUT2D eigenvalue weighted by atomic mass is 10.1. The Bertz CT molecular complexity index is 1090. The summed E-state index contributed by atoms with van der Waals surface area (Å²) in [6, 6.07) is 16.9. The maximum atomic E-state index is 12.4. The quantitative estimate of drug-likeness (QED) is 0.681. The molecule has 1 fully saturated rings. The number of carbonyl (C=O) groups excluding carboxylic acids is 3. The molecule has 0 atom stereocenters. The van der Waals surface area contributed by atoms with E-state index in [1.54, 1.807) is 6.08 Å². The standard InChI is InChI=1S/C20H15N3O3S/c24-18(21-14-6-2-1-3-7-14)12-23-11-13(15-8-4-5-9-16(15)23)10-17-19(25)22-20(26)27-17/h1-11H,12H2,(H,21,24)(H,22,25,26). The van der Waals surface area contributed by atoms with Crippen molar-refractivity contribution in [1.29, 1.82) is 0 Å². The fraction of sp³-hybridized carbons (Fsp3) is 0.0500. The lowest BCUT2D eigenvalue weighted by Crippen LogP contribution is -2.18. The molecule has 0 unspecified atom stereocenters. The summed E-state index contributed by atoms with van der Waals surface area (Å²) in [5.41, 5.74) is 2.39. The molecule has 2 N–H and O–H groups in total. The number of nitrogens with zero attached hydrogens (tertiary/aromatic N) is 1. The predicted octanol–water partition coefficient (Wildman–Crippen LogP) is 3.60. The van der Waals surface area contributed by atoms with Crippen LogP contribution >= 0.6 is 11.8 Å². The van der Waals surface area contributed by atoms with Gasteiger partial charge in [0, 0.05) is 28.4 Å². The number of anilines is 1. The van der Waals surface area contributed by atoms with E-state index >= 15 is 0 Å². The Morgan fingerprint density at radius 2 is 1.81 bits per heavy atom. The van der Waals surface area contributed by atoms with Crippen LogP contribution in [0.2, 0.25) is 0 Å². The second-order valence-electron chi connectivity index (χ2n) is 6.00. The van der Waals surface area contributed by atoms with Crippen molar-refractivity contribution in [2.24, 2.45) is 0 Å². The molecule has 4 rings (SSSR count). The van der Waals surface area contributed by atoms with Gasteiger partial charge in [0.1, 0.15) is 6.54 Å². The maximum Gasteiger partial charge on any atom is 0.290 e. The van der Waals surface area contributed by atoms with E-state index in [1.165, 1.54) is 0 Å². The van der Waals surface area contributed by atoms with E-state index in [1.807, 2.05) is 65.4 Å². The summed E-state index contributed by atoms with van der Waals surface area (Å²) in [4.78, 5) is 36.0. The van der Waals surface area contributed by atoms with Crippen LogP contribution in [-0.2, 0) is 16.1 Å². The molecule has 0 radical (unpaired) electrons. The van der Waals surface area contributed by atoms with E-state index in [0.717, 1.165) is 33.9 Å². The number of fused-ring (bicyclic) bond motifs is 1. The first kappa shape index (κ1) is 17.1. The number of para-hydroxylation sites is 2. The van der Waals surface area contributed by atoms with E-state index in [2.05, 4.69) is 10.6 Å². The van der Waals surface area contributed by atoms with Crippen LogP contribution in [0.5, 0.6) is 0 Å². The zero-order valence-corrected chi connectivity index (χ0v) is 15.0. The minimum absolute atomic E-state index is 0.136. The summed E-state index contributed by atoms with van der Waals surface area (Å²) in [5, 5.41) is 5.64. The third-order valence-electron chi connectivity index (χ3n) is 4.12. The number of imide groups is 1. The van der Waals surface area contributed by atoms with Crippen LogP contribution in [0, 0.1) is 0 Å². The highest BCUT2D eigenvalue weighted by molar-refractivity contribution is 8.18. The van der Waals surface area contributed by atoms with Crippen molar-refractivity contribution in [2.75, 3.05) is 5.32 Å². The summed E-state index contributed by atoms with van der Waals surface area (Å²) in [6.45, 7) is 0.136. The van der Waals surface area contributed by atoms with Gasteiger partial charge in [0.2, 0.25) is 5.91 Å². The van der Waals surface area contributed by atoms with E-state index in [9.17, 15) is 14.4 Å². The second-order valence-corrected chi connectivity index (χ2v) is 7.01. The molecule has 27 heavy (non-hydrogen) atoms. The van der Waals surface area contributed by atoms with Crippen molar-refractivity contribution in [2.45, 2.75) is 6.54 Å². The maximum absolute atomic E-state index is 12.4. The van der Waals surface area contributed by atoms with Crippen LogP contribution in [0.15, 0.2) is 65.7 Å². The van der Waals surface area contributed by atoms with Gasteiger partial charge in [0.05, 0.1) is 4.91 Å². The minimum Gasteiger partial charge on any atom is -0.337 e. The molecule has 1 saturated heterocycles. The first-order chi connectivity index (χ1) is 13.1. The predicted molar refractivity (Wildman–Crippen MR) is 106 cm³/mol. The molecular weight excluding hydrogens is 362 g/mol. The molecule has 3 aromatic rings. The van der Waals surface area contributed by atoms with Gasteiger partial charge >= 0.3 is 0 Å². The molecular formula is C20H15N3O3S. The van der Waals surface area contributed by atoms with Crippen LogP contribution in [0.1, 0.15) is 5.56 Å². The monoisotopic (exact) mass is 377 g/mol. The van der Waals surface area contributed by atoms with Crippen LogP contribution in [0.4, 0.5) is 10.5 Å². The van der Waals surface area contributed by atoms with Gasteiger partial charge in [-0.15, -0.1) is 0 Å². The Labute approximate surface area is 159 Å². The molecule has 1 aliphatic rings. The number of hydrogen-bond acceptors (Lipinski definition) is 4. The normalized spacial score (nSPS) is 15.3. The Balaban J connectivity index is 1.64. The first-order valence-corrected chi connectivity index (χ1v) is 9.09. The molecule has 6 nitrogen and oxygen atoms in total. The van der Waals surface area contributed by atoms with Gasteiger partial charge in [0.25, 0.3) is 11.1 Å². The number of rotatable bonds is 4. The number of amides is 3. The number of hydrogen-bond donors (Lipinski definition) is 2. The van der Waals surface area contributed by atoms with Crippen molar-refractivity contribution in [1.82, 2.24) is 9.88 Å². The highest BCUT2D eigenvalue weighted by Crippen LogP contribution is 2.29. The van der Waals surface area contributed by atoms with Crippen molar-refractivity contribution in [3.05, 3.63) is 71.3 Å². The third kappa shape index (κ3) is 3.63. The summed E-state index contributed by atoms with van der Waals surface area (Å²) in [7, 11) is 0. The van der Waals surface area contributed by atoms with E-state index in [4.69, 9.17) is 0 Å². The van der Waals surface area contributed by atoms with Gasteiger partial charge in [-0.25, -0.2) is 0 Å². The highest BCUT2D eigenvalue weighted by Gasteiger charge is 2.25. The molecule has 134 valence electrons. The van der Waals surface area contributed by atoms with Gasteiger partial charge in [-0.3, -0.25) is 19.7 Å². The Hall–Kier alpha value is -3.32. The minimum atomic E-state index is -0.399. The lowest BCUT2D eigenvalue weighted by molar-refractivity contribution is -0.117. The van der Waals surface area contributed by atoms with Crippen molar-refractivity contribution in [3.63, 3.8) is 0 Å². The molecule has 1 aliphatic heterocycles. The zero-order valence-electron chi connectivity index (χ0n) is 14.1. The Morgan fingerprint density at radius 1 is 1.07 bits per heavy atom. The topological polar surface area (TPSA) is 80.2 Å². The Kier molecular flexibility index (Phi) is 4.52. The first-order valence-electron chi connectivity index (χ1n) is 8.28. The molecule has 2 heterocycles. The van der Waals surface area contributed by atoms with Gasteiger partial charge < -0.3 is 9.88 Å².